The van der Waals surface area contributed by atoms with Gasteiger partial charge in [-0.3, -0.25) is 4.79 Å². The molecule has 3 aromatic rings. The third-order valence-corrected chi connectivity index (χ3v) is 5.66. The van der Waals surface area contributed by atoms with Gasteiger partial charge in [0.2, 0.25) is 0 Å². The highest BCUT2D eigenvalue weighted by atomic mass is 16.2. The monoisotopic (exact) mass is 349 g/mol. The maximum Gasteiger partial charge on any atom is 0.254 e. The Morgan fingerprint density at radius 3 is 3.00 bits per heavy atom. The van der Waals surface area contributed by atoms with Crippen molar-refractivity contribution in [1.29, 1.82) is 0 Å². The van der Waals surface area contributed by atoms with Crippen molar-refractivity contribution in [2.75, 3.05) is 6.54 Å². The third-order valence-electron chi connectivity index (χ3n) is 5.66. The van der Waals surface area contributed by atoms with Crippen molar-refractivity contribution in [3.05, 3.63) is 48.2 Å². The lowest BCUT2D eigenvalue weighted by molar-refractivity contribution is 0.0594. The number of nitrogens with one attached hydrogen (secondary N) is 1. The summed E-state index contributed by atoms with van der Waals surface area (Å²) in [6.07, 6.45) is 9.45. The molecular weight excluding hydrogens is 326 g/mol. The van der Waals surface area contributed by atoms with Crippen LogP contribution in [-0.2, 0) is 6.54 Å². The summed E-state index contributed by atoms with van der Waals surface area (Å²) in [5, 5.41) is 9.68. The van der Waals surface area contributed by atoms with Gasteiger partial charge in [0.1, 0.15) is 6.33 Å². The molecule has 1 aliphatic carbocycles. The van der Waals surface area contributed by atoms with E-state index in [1.807, 2.05) is 41.7 Å². The number of carbonyl (C=O) groups excluding carboxylic acids is 1. The van der Waals surface area contributed by atoms with Gasteiger partial charge in [-0.05, 0) is 61.6 Å². The van der Waals surface area contributed by atoms with E-state index in [2.05, 4.69) is 19.7 Å². The standard InChI is InChI=1S/C20H23N5O/c26-20(16-7-6-15-8-9-21-17(15)11-16)25-10-2-1-3-18(25)19-23-22-13-24(19)12-14-4-5-14/h6-9,11,13-14,18,21H,1-5,10,12H2. The van der Waals surface area contributed by atoms with Gasteiger partial charge in [-0.2, -0.15) is 0 Å². The summed E-state index contributed by atoms with van der Waals surface area (Å²) < 4.78 is 2.17. The number of rotatable bonds is 4. The molecule has 1 unspecified atom stereocenters. The van der Waals surface area contributed by atoms with Crippen molar-refractivity contribution in [1.82, 2.24) is 24.6 Å². The predicted octanol–water partition coefficient (Wildman–Crippen LogP) is 3.54. The summed E-state index contributed by atoms with van der Waals surface area (Å²) in [6, 6.07) is 7.94. The zero-order valence-electron chi connectivity index (χ0n) is 14.8. The first kappa shape index (κ1) is 15.6. The number of amides is 1. The Morgan fingerprint density at radius 2 is 2.12 bits per heavy atom. The van der Waals surface area contributed by atoms with E-state index in [9.17, 15) is 4.79 Å². The van der Waals surface area contributed by atoms with Crippen molar-refractivity contribution in [2.24, 2.45) is 5.92 Å². The maximum absolute atomic E-state index is 13.3. The van der Waals surface area contributed by atoms with Gasteiger partial charge in [0.25, 0.3) is 5.91 Å². The second-order valence-electron chi connectivity index (χ2n) is 7.57. The van der Waals surface area contributed by atoms with Crippen molar-refractivity contribution >= 4 is 16.8 Å². The van der Waals surface area contributed by atoms with E-state index in [-0.39, 0.29) is 11.9 Å². The average Bonchev–Trinajstić information content (AvgIpc) is 3.17. The van der Waals surface area contributed by atoms with Crippen molar-refractivity contribution in [2.45, 2.75) is 44.7 Å². The molecule has 1 amide bonds. The Balaban J connectivity index is 1.45. The molecular formula is C20H23N5O. The Hall–Kier alpha value is -2.63. The van der Waals surface area contributed by atoms with E-state index < -0.39 is 0 Å². The molecule has 0 spiro atoms. The SMILES string of the molecule is O=C(c1ccc2cc[nH]c2c1)N1CCCCC1c1nncn1CC1CC1. The van der Waals surface area contributed by atoms with E-state index in [4.69, 9.17) is 0 Å². The van der Waals surface area contributed by atoms with Crippen LogP contribution in [0.2, 0.25) is 0 Å². The predicted molar refractivity (Wildman–Crippen MR) is 98.7 cm³/mol. The van der Waals surface area contributed by atoms with Crippen molar-refractivity contribution in [3.63, 3.8) is 0 Å². The summed E-state index contributed by atoms with van der Waals surface area (Å²) in [5.41, 5.74) is 1.74. The van der Waals surface area contributed by atoms with Crippen LogP contribution in [-0.4, -0.2) is 37.1 Å². The minimum Gasteiger partial charge on any atom is -0.361 e. The van der Waals surface area contributed by atoms with Gasteiger partial charge in [0, 0.05) is 30.4 Å². The normalized spacial score (nSPS) is 20.6. The van der Waals surface area contributed by atoms with E-state index in [1.165, 1.54) is 12.8 Å². The summed E-state index contributed by atoms with van der Waals surface area (Å²) in [6.45, 7) is 1.76. The molecule has 1 saturated heterocycles. The summed E-state index contributed by atoms with van der Waals surface area (Å²) in [5.74, 6) is 1.80. The lowest BCUT2D eigenvalue weighted by Gasteiger charge is -2.35. The number of hydrogen-bond donors (Lipinski definition) is 1. The quantitative estimate of drug-likeness (QED) is 0.783. The Labute approximate surface area is 152 Å². The smallest absolute Gasteiger partial charge is 0.254 e. The zero-order valence-corrected chi connectivity index (χ0v) is 14.8. The molecule has 1 saturated carbocycles. The minimum absolute atomic E-state index is 0.0249. The molecule has 5 rings (SSSR count). The Bertz CT molecular complexity index is 938. The van der Waals surface area contributed by atoms with Gasteiger partial charge >= 0.3 is 0 Å². The number of carbonyl (C=O) groups is 1. The van der Waals surface area contributed by atoms with Crippen LogP contribution in [0, 0.1) is 5.92 Å². The number of fused-ring (bicyclic) bond motifs is 1. The second-order valence-corrected chi connectivity index (χ2v) is 7.57. The summed E-state index contributed by atoms with van der Waals surface area (Å²) in [7, 11) is 0. The fourth-order valence-corrected chi connectivity index (χ4v) is 4.03. The van der Waals surface area contributed by atoms with Gasteiger partial charge in [0.15, 0.2) is 5.82 Å². The second kappa shape index (κ2) is 6.27. The Kier molecular flexibility index (Phi) is 3.76. The van der Waals surface area contributed by atoms with Crippen LogP contribution >= 0.6 is 0 Å². The van der Waals surface area contributed by atoms with Crippen LogP contribution in [0.15, 0.2) is 36.8 Å². The van der Waals surface area contributed by atoms with Gasteiger partial charge in [-0.15, -0.1) is 10.2 Å². The molecule has 3 heterocycles. The highest BCUT2D eigenvalue weighted by Gasteiger charge is 2.33. The number of piperidine rings is 1. The van der Waals surface area contributed by atoms with Crippen LogP contribution in [0.5, 0.6) is 0 Å². The first-order valence-electron chi connectivity index (χ1n) is 9.55. The number of benzene rings is 1. The molecule has 1 N–H and O–H groups in total. The molecule has 26 heavy (non-hydrogen) atoms. The molecule has 134 valence electrons. The lowest BCUT2D eigenvalue weighted by Crippen LogP contribution is -2.39. The maximum atomic E-state index is 13.3. The van der Waals surface area contributed by atoms with E-state index in [0.717, 1.165) is 60.6 Å². The number of likely N-dealkylation sites (tertiary alicyclic amines) is 1. The summed E-state index contributed by atoms with van der Waals surface area (Å²) in [4.78, 5) is 18.5. The minimum atomic E-state index is 0.0249. The molecule has 2 aromatic heterocycles. The molecule has 0 bridgehead atoms. The van der Waals surface area contributed by atoms with Gasteiger partial charge in [-0.1, -0.05) is 6.07 Å². The van der Waals surface area contributed by atoms with Crippen LogP contribution in [0.3, 0.4) is 0 Å². The van der Waals surface area contributed by atoms with E-state index in [0.29, 0.717) is 0 Å². The average molecular weight is 349 g/mol. The van der Waals surface area contributed by atoms with Crippen LogP contribution < -0.4 is 0 Å². The molecule has 0 radical (unpaired) electrons. The molecule has 1 aliphatic heterocycles. The first-order valence-corrected chi connectivity index (χ1v) is 9.55. The van der Waals surface area contributed by atoms with Crippen LogP contribution in [0.4, 0.5) is 0 Å². The Morgan fingerprint density at radius 1 is 1.19 bits per heavy atom. The molecule has 6 heteroatoms. The fraction of sp³-hybridized carbons (Fsp3) is 0.450. The zero-order chi connectivity index (χ0) is 17.5. The van der Waals surface area contributed by atoms with Gasteiger partial charge in [-0.25, -0.2) is 0 Å². The molecule has 2 aliphatic rings. The third kappa shape index (κ3) is 2.79. The first-order chi connectivity index (χ1) is 12.8. The molecule has 2 fully saturated rings. The van der Waals surface area contributed by atoms with Crippen molar-refractivity contribution in [3.8, 4) is 0 Å². The summed E-state index contributed by atoms with van der Waals surface area (Å²) >= 11 is 0. The number of aromatic nitrogens is 4. The van der Waals surface area contributed by atoms with Crippen LogP contribution in [0.1, 0.15) is 54.3 Å². The largest absolute Gasteiger partial charge is 0.361 e. The number of hydrogen-bond acceptors (Lipinski definition) is 3. The van der Waals surface area contributed by atoms with Crippen molar-refractivity contribution < 1.29 is 4.79 Å². The number of nitrogens with zero attached hydrogens (tertiary/aromatic N) is 4. The highest BCUT2D eigenvalue weighted by Crippen LogP contribution is 2.35. The topological polar surface area (TPSA) is 66.8 Å². The van der Waals surface area contributed by atoms with Crippen LogP contribution in [0.25, 0.3) is 10.9 Å². The van der Waals surface area contributed by atoms with E-state index >= 15 is 0 Å². The van der Waals surface area contributed by atoms with Gasteiger partial charge in [0.05, 0.1) is 6.04 Å². The van der Waals surface area contributed by atoms with E-state index in [1.54, 1.807) is 0 Å². The molecule has 1 atom stereocenters. The fourth-order valence-electron chi connectivity index (χ4n) is 4.03. The molecule has 6 nitrogen and oxygen atoms in total. The highest BCUT2D eigenvalue weighted by molar-refractivity contribution is 5.98. The molecule has 1 aromatic carbocycles. The number of H-pyrrole nitrogens is 1. The van der Waals surface area contributed by atoms with Gasteiger partial charge < -0.3 is 14.5 Å². The lowest BCUT2D eigenvalue weighted by atomic mass is 9.99. The number of aromatic amines is 1.